The van der Waals surface area contributed by atoms with Gasteiger partial charge in [-0.3, -0.25) is 0 Å². The predicted octanol–water partition coefficient (Wildman–Crippen LogP) is 4.15. The molecule has 0 aromatic carbocycles. The number of hydrogen-bond acceptors (Lipinski definition) is 0. The Morgan fingerprint density at radius 1 is 0.643 bits per heavy atom. The van der Waals surface area contributed by atoms with E-state index in [4.69, 9.17) is 0 Å². The van der Waals surface area contributed by atoms with E-state index >= 15 is 0 Å². The Morgan fingerprint density at radius 3 is 1.79 bits per heavy atom. The lowest BCUT2D eigenvalue weighted by atomic mass is 10.2. The fourth-order valence-corrected chi connectivity index (χ4v) is 1.12. The molecule has 0 nitrogen and oxygen atoms in total. The Morgan fingerprint density at radius 2 is 1.21 bits per heavy atom. The second-order valence-corrected chi connectivity index (χ2v) is 3.52. The lowest BCUT2D eigenvalue weighted by Gasteiger charge is -1.90. The molecule has 78 valence electrons. The third-order valence-corrected chi connectivity index (χ3v) is 2.05. The van der Waals surface area contributed by atoms with Crippen LogP contribution in [0.4, 0.5) is 0 Å². The molecule has 0 unspecified atom stereocenters. The smallest absolute Gasteiger partial charge is 0.00989 e. The highest BCUT2D eigenvalue weighted by atomic mass is 13.9. The Labute approximate surface area is 89.5 Å². The highest BCUT2D eigenvalue weighted by Crippen LogP contribution is 2.00. The van der Waals surface area contributed by atoms with Crippen molar-refractivity contribution in [2.45, 2.75) is 65.2 Å². The third-order valence-electron chi connectivity index (χ3n) is 2.05. The first-order chi connectivity index (χ1) is 6.91. The predicted molar refractivity (Wildman–Crippen MR) is 63.8 cm³/mol. The molecule has 14 heavy (non-hydrogen) atoms. The van der Waals surface area contributed by atoms with E-state index in [2.05, 4.69) is 37.5 Å². The third kappa shape index (κ3) is 11.1. The van der Waals surface area contributed by atoms with Crippen LogP contribution in [0.2, 0.25) is 0 Å². The average Bonchev–Trinajstić information content (AvgIpc) is 2.21. The molecule has 0 aromatic rings. The normalized spacial score (nSPS) is 8.43. The van der Waals surface area contributed by atoms with E-state index in [-0.39, 0.29) is 0 Å². The number of rotatable bonds is 6. The van der Waals surface area contributed by atoms with Crippen molar-refractivity contribution in [3.8, 4) is 23.7 Å². The molecule has 0 heterocycles. The zero-order chi connectivity index (χ0) is 10.5. The van der Waals surface area contributed by atoms with Crippen LogP contribution in [-0.2, 0) is 0 Å². The van der Waals surface area contributed by atoms with E-state index in [0.29, 0.717) is 0 Å². The molecule has 0 aromatic heterocycles. The van der Waals surface area contributed by atoms with Crippen LogP contribution in [0.15, 0.2) is 0 Å². The minimum absolute atomic E-state index is 1.00. The van der Waals surface area contributed by atoms with Crippen LogP contribution < -0.4 is 0 Å². The van der Waals surface area contributed by atoms with Gasteiger partial charge in [0.15, 0.2) is 0 Å². The van der Waals surface area contributed by atoms with Gasteiger partial charge in [0.2, 0.25) is 0 Å². The van der Waals surface area contributed by atoms with Crippen LogP contribution in [0.3, 0.4) is 0 Å². The minimum Gasteiger partial charge on any atom is -0.0891 e. The summed E-state index contributed by atoms with van der Waals surface area (Å²) in [6.07, 6.45) is 9.62. The van der Waals surface area contributed by atoms with Crippen molar-refractivity contribution in [1.29, 1.82) is 0 Å². The summed E-state index contributed by atoms with van der Waals surface area (Å²) in [5.74, 6) is 12.0. The summed E-state index contributed by atoms with van der Waals surface area (Å²) in [7, 11) is 0. The van der Waals surface area contributed by atoms with E-state index in [1.54, 1.807) is 0 Å². The van der Waals surface area contributed by atoms with Gasteiger partial charge in [-0.05, 0) is 24.7 Å². The van der Waals surface area contributed by atoms with Gasteiger partial charge in [-0.2, -0.15) is 0 Å². The van der Waals surface area contributed by atoms with Crippen LogP contribution in [0.25, 0.3) is 0 Å². The van der Waals surface area contributed by atoms with Crippen LogP contribution in [0.1, 0.15) is 65.2 Å². The van der Waals surface area contributed by atoms with Crippen molar-refractivity contribution in [3.05, 3.63) is 0 Å². The molecule has 0 N–H and O–H groups in total. The summed E-state index contributed by atoms with van der Waals surface area (Å²) in [6, 6.07) is 0. The van der Waals surface area contributed by atoms with Gasteiger partial charge in [-0.1, -0.05) is 51.4 Å². The molecule has 0 heteroatoms. The largest absolute Gasteiger partial charge is 0.0891 e. The number of hydrogen-bond donors (Lipinski definition) is 0. The highest BCUT2D eigenvalue weighted by molar-refractivity contribution is 5.25. The van der Waals surface area contributed by atoms with Crippen molar-refractivity contribution in [1.82, 2.24) is 0 Å². The van der Waals surface area contributed by atoms with Crippen LogP contribution >= 0.6 is 0 Å². The lowest BCUT2D eigenvalue weighted by Crippen LogP contribution is -1.73. The summed E-state index contributed by atoms with van der Waals surface area (Å²) in [6.45, 7) is 4.41. The Kier molecular flexibility index (Phi) is 11.4. The van der Waals surface area contributed by atoms with Crippen molar-refractivity contribution >= 4 is 0 Å². The Bertz CT molecular complexity index is 216. The zero-order valence-electron chi connectivity index (χ0n) is 9.66. The summed E-state index contributed by atoms with van der Waals surface area (Å²) < 4.78 is 0. The lowest BCUT2D eigenvalue weighted by molar-refractivity contribution is 0.680. The second-order valence-electron chi connectivity index (χ2n) is 3.52. The summed E-state index contributed by atoms with van der Waals surface area (Å²) in [5.41, 5.74) is 0. The van der Waals surface area contributed by atoms with Crippen LogP contribution in [-0.4, -0.2) is 0 Å². The molecular formula is C14H22. The van der Waals surface area contributed by atoms with Crippen molar-refractivity contribution in [3.63, 3.8) is 0 Å². The highest BCUT2D eigenvalue weighted by Gasteiger charge is 1.82. The van der Waals surface area contributed by atoms with Crippen molar-refractivity contribution in [2.24, 2.45) is 0 Å². The van der Waals surface area contributed by atoms with Gasteiger partial charge >= 0.3 is 0 Å². The maximum absolute atomic E-state index is 3.10. The van der Waals surface area contributed by atoms with Crippen LogP contribution in [0, 0.1) is 23.7 Å². The minimum atomic E-state index is 1.00. The first-order valence-corrected chi connectivity index (χ1v) is 5.87. The van der Waals surface area contributed by atoms with Gasteiger partial charge in [0.05, 0.1) is 0 Å². The molecular weight excluding hydrogens is 168 g/mol. The first kappa shape index (κ1) is 13.1. The van der Waals surface area contributed by atoms with Gasteiger partial charge < -0.3 is 0 Å². The topological polar surface area (TPSA) is 0 Å². The molecule has 0 fully saturated rings. The van der Waals surface area contributed by atoms with E-state index in [0.717, 1.165) is 12.8 Å². The SMILES string of the molecule is CCCCC#CC#CCCCCCC. The van der Waals surface area contributed by atoms with Gasteiger partial charge in [0, 0.05) is 12.8 Å². The van der Waals surface area contributed by atoms with Gasteiger partial charge in [-0.15, -0.1) is 0 Å². The molecule has 0 amide bonds. The van der Waals surface area contributed by atoms with E-state index in [9.17, 15) is 0 Å². The Balaban J connectivity index is 3.28. The summed E-state index contributed by atoms with van der Waals surface area (Å²) >= 11 is 0. The molecule has 0 aliphatic rings. The molecule has 0 atom stereocenters. The van der Waals surface area contributed by atoms with E-state index in [1.807, 2.05) is 0 Å². The zero-order valence-corrected chi connectivity index (χ0v) is 9.66. The van der Waals surface area contributed by atoms with Crippen LogP contribution in [0.5, 0.6) is 0 Å². The maximum atomic E-state index is 3.10. The summed E-state index contributed by atoms with van der Waals surface area (Å²) in [5, 5.41) is 0. The maximum Gasteiger partial charge on any atom is 0.00989 e. The molecule has 0 radical (unpaired) electrons. The molecule has 0 saturated carbocycles. The Hall–Kier alpha value is -0.880. The van der Waals surface area contributed by atoms with E-state index in [1.165, 1.54) is 38.5 Å². The van der Waals surface area contributed by atoms with Gasteiger partial charge in [0.1, 0.15) is 0 Å². The second kappa shape index (κ2) is 12.1. The molecule has 0 aliphatic heterocycles. The van der Waals surface area contributed by atoms with Crippen molar-refractivity contribution in [2.75, 3.05) is 0 Å². The van der Waals surface area contributed by atoms with Crippen molar-refractivity contribution < 1.29 is 0 Å². The fourth-order valence-electron chi connectivity index (χ4n) is 1.12. The van der Waals surface area contributed by atoms with Gasteiger partial charge in [0.25, 0.3) is 0 Å². The standard InChI is InChI=1S/C14H22/c1-3-5-7-9-11-13-14-12-10-8-6-4-2/h3-9,11H2,1-2H3. The summed E-state index contributed by atoms with van der Waals surface area (Å²) in [4.78, 5) is 0. The first-order valence-electron chi connectivity index (χ1n) is 5.87. The molecule has 0 aliphatic carbocycles. The quantitative estimate of drug-likeness (QED) is 0.436. The van der Waals surface area contributed by atoms with Gasteiger partial charge in [-0.25, -0.2) is 0 Å². The number of unbranched alkanes of at least 4 members (excludes halogenated alkanes) is 6. The fraction of sp³-hybridized carbons (Fsp3) is 0.714. The molecule has 0 saturated heterocycles. The average molecular weight is 190 g/mol. The monoisotopic (exact) mass is 190 g/mol. The molecule has 0 bridgehead atoms. The molecule has 0 rings (SSSR count). The molecule has 0 spiro atoms. The van der Waals surface area contributed by atoms with E-state index < -0.39 is 0 Å².